The Kier molecular flexibility index (Phi) is 3.09. The standard InChI is InChI=1S/C14H14BrN3/c15-13-9-17-18-7-1-2-12(14(13)18)11-5-3-10(8-16)4-6-11/h1-2,7,9-11H,3-6H2. The normalized spacial score (nSPS) is 24.0. The van der Waals surface area contributed by atoms with Crippen molar-refractivity contribution in [2.45, 2.75) is 31.6 Å². The lowest BCUT2D eigenvalue weighted by Crippen LogP contribution is -2.12. The van der Waals surface area contributed by atoms with Crippen LogP contribution < -0.4 is 0 Å². The molecule has 0 aliphatic heterocycles. The zero-order chi connectivity index (χ0) is 12.5. The van der Waals surface area contributed by atoms with Crippen molar-refractivity contribution >= 4 is 21.4 Å². The van der Waals surface area contributed by atoms with Gasteiger partial charge in [0.2, 0.25) is 0 Å². The van der Waals surface area contributed by atoms with Crippen LogP contribution in [0.25, 0.3) is 5.52 Å². The van der Waals surface area contributed by atoms with Gasteiger partial charge in [-0.05, 0) is 59.2 Å². The van der Waals surface area contributed by atoms with E-state index in [0.717, 1.165) is 30.2 Å². The van der Waals surface area contributed by atoms with Gasteiger partial charge >= 0.3 is 0 Å². The number of pyridine rings is 1. The van der Waals surface area contributed by atoms with Crippen LogP contribution in [0.4, 0.5) is 0 Å². The molecule has 2 aromatic rings. The molecule has 3 nitrogen and oxygen atoms in total. The minimum atomic E-state index is 0.259. The molecule has 0 bridgehead atoms. The number of rotatable bonds is 1. The van der Waals surface area contributed by atoms with E-state index < -0.39 is 0 Å². The predicted molar refractivity (Wildman–Crippen MR) is 73.2 cm³/mol. The summed E-state index contributed by atoms with van der Waals surface area (Å²) in [4.78, 5) is 0. The van der Waals surface area contributed by atoms with Crippen LogP contribution in [0.5, 0.6) is 0 Å². The Morgan fingerprint density at radius 1 is 1.33 bits per heavy atom. The van der Waals surface area contributed by atoms with E-state index in [4.69, 9.17) is 5.26 Å². The minimum Gasteiger partial charge on any atom is -0.240 e. The van der Waals surface area contributed by atoms with E-state index in [1.54, 1.807) is 0 Å². The minimum absolute atomic E-state index is 0.259. The first kappa shape index (κ1) is 11.7. The van der Waals surface area contributed by atoms with Crippen molar-refractivity contribution in [2.24, 2.45) is 5.92 Å². The largest absolute Gasteiger partial charge is 0.240 e. The Hall–Kier alpha value is -1.34. The summed E-state index contributed by atoms with van der Waals surface area (Å²) < 4.78 is 2.98. The average Bonchev–Trinajstić information content (AvgIpc) is 2.81. The molecule has 0 N–H and O–H groups in total. The van der Waals surface area contributed by atoms with Crippen molar-refractivity contribution in [2.75, 3.05) is 0 Å². The van der Waals surface area contributed by atoms with Crippen molar-refractivity contribution in [3.8, 4) is 6.07 Å². The van der Waals surface area contributed by atoms with Gasteiger partial charge in [0.15, 0.2) is 0 Å². The van der Waals surface area contributed by atoms with Crippen LogP contribution in [0.3, 0.4) is 0 Å². The lowest BCUT2D eigenvalue weighted by atomic mass is 9.79. The first-order valence-electron chi connectivity index (χ1n) is 6.31. The van der Waals surface area contributed by atoms with E-state index in [2.05, 4.69) is 39.2 Å². The second kappa shape index (κ2) is 4.74. The SMILES string of the molecule is N#CC1CCC(c2cccn3ncc(Br)c23)CC1. The fraction of sp³-hybridized carbons (Fsp3) is 0.429. The molecule has 0 amide bonds. The summed E-state index contributed by atoms with van der Waals surface area (Å²) in [5.74, 6) is 0.820. The lowest BCUT2D eigenvalue weighted by molar-refractivity contribution is 0.383. The van der Waals surface area contributed by atoms with Crippen molar-refractivity contribution in [1.29, 1.82) is 5.26 Å². The Bertz CT molecular complexity index is 603. The van der Waals surface area contributed by atoms with Gasteiger partial charge in [0.05, 0.1) is 22.3 Å². The molecular weight excluding hydrogens is 290 g/mol. The fourth-order valence-corrected chi connectivity index (χ4v) is 3.40. The second-order valence-corrected chi connectivity index (χ2v) is 5.78. The second-order valence-electron chi connectivity index (χ2n) is 4.93. The maximum atomic E-state index is 8.96. The van der Waals surface area contributed by atoms with Gasteiger partial charge in [-0.25, -0.2) is 4.52 Å². The zero-order valence-electron chi connectivity index (χ0n) is 10.0. The molecular formula is C14H14BrN3. The summed E-state index contributed by atoms with van der Waals surface area (Å²) in [6, 6.07) is 6.64. The number of aromatic nitrogens is 2. The fourth-order valence-electron chi connectivity index (χ4n) is 2.89. The predicted octanol–water partition coefficient (Wildman–Crippen LogP) is 3.89. The van der Waals surface area contributed by atoms with Crippen molar-refractivity contribution < 1.29 is 0 Å². The van der Waals surface area contributed by atoms with Crippen LogP contribution in [0, 0.1) is 17.2 Å². The van der Waals surface area contributed by atoms with Crippen LogP contribution in [-0.4, -0.2) is 9.61 Å². The van der Waals surface area contributed by atoms with Crippen LogP contribution >= 0.6 is 15.9 Å². The summed E-state index contributed by atoms with van der Waals surface area (Å²) in [6.45, 7) is 0. The van der Waals surface area contributed by atoms with E-state index in [1.165, 1.54) is 11.1 Å². The lowest BCUT2D eigenvalue weighted by Gasteiger charge is -2.25. The molecule has 0 unspecified atom stereocenters. The smallest absolute Gasteiger partial charge is 0.0838 e. The molecule has 0 aromatic carbocycles. The maximum absolute atomic E-state index is 8.96. The maximum Gasteiger partial charge on any atom is 0.0838 e. The van der Waals surface area contributed by atoms with Gasteiger partial charge in [0.25, 0.3) is 0 Å². The van der Waals surface area contributed by atoms with Gasteiger partial charge < -0.3 is 0 Å². The number of nitriles is 1. The molecule has 4 heteroatoms. The highest BCUT2D eigenvalue weighted by Gasteiger charge is 2.24. The molecule has 0 atom stereocenters. The summed E-state index contributed by atoms with van der Waals surface area (Å²) in [7, 11) is 0. The molecule has 18 heavy (non-hydrogen) atoms. The van der Waals surface area contributed by atoms with Gasteiger partial charge in [-0.2, -0.15) is 10.4 Å². The zero-order valence-corrected chi connectivity index (χ0v) is 11.6. The Morgan fingerprint density at radius 3 is 2.83 bits per heavy atom. The number of nitrogens with zero attached hydrogens (tertiary/aromatic N) is 3. The van der Waals surface area contributed by atoms with Gasteiger partial charge in [0.1, 0.15) is 0 Å². The van der Waals surface area contributed by atoms with E-state index >= 15 is 0 Å². The van der Waals surface area contributed by atoms with E-state index in [0.29, 0.717) is 5.92 Å². The van der Waals surface area contributed by atoms with Crippen LogP contribution in [-0.2, 0) is 0 Å². The van der Waals surface area contributed by atoms with Crippen LogP contribution in [0.2, 0.25) is 0 Å². The number of hydrogen-bond acceptors (Lipinski definition) is 2. The summed E-state index contributed by atoms with van der Waals surface area (Å²) in [6.07, 6.45) is 8.08. The van der Waals surface area contributed by atoms with Gasteiger partial charge in [-0.3, -0.25) is 0 Å². The first-order valence-corrected chi connectivity index (χ1v) is 7.10. The number of halogens is 1. The molecule has 2 heterocycles. The summed E-state index contributed by atoms with van der Waals surface area (Å²) in [5.41, 5.74) is 2.54. The molecule has 2 aromatic heterocycles. The third kappa shape index (κ3) is 1.93. The number of hydrogen-bond donors (Lipinski definition) is 0. The molecule has 1 fully saturated rings. The first-order chi connectivity index (χ1) is 8.79. The molecule has 0 saturated heterocycles. The van der Waals surface area contributed by atoms with Gasteiger partial charge in [-0.15, -0.1) is 0 Å². The third-order valence-corrected chi connectivity index (χ3v) is 4.46. The highest BCUT2D eigenvalue weighted by Crippen LogP contribution is 2.38. The van der Waals surface area contributed by atoms with Gasteiger partial charge in [-0.1, -0.05) is 6.07 Å². The number of fused-ring (bicyclic) bond motifs is 1. The topological polar surface area (TPSA) is 41.1 Å². The third-order valence-electron chi connectivity index (χ3n) is 3.88. The highest BCUT2D eigenvalue weighted by molar-refractivity contribution is 9.10. The molecule has 0 spiro atoms. The van der Waals surface area contributed by atoms with Crippen molar-refractivity contribution in [3.63, 3.8) is 0 Å². The van der Waals surface area contributed by atoms with E-state index in [9.17, 15) is 0 Å². The monoisotopic (exact) mass is 303 g/mol. The molecule has 92 valence electrons. The molecule has 1 aliphatic rings. The van der Waals surface area contributed by atoms with E-state index in [-0.39, 0.29) is 5.92 Å². The van der Waals surface area contributed by atoms with Crippen molar-refractivity contribution in [3.05, 3.63) is 34.6 Å². The van der Waals surface area contributed by atoms with Crippen molar-refractivity contribution in [1.82, 2.24) is 9.61 Å². The summed E-state index contributed by atoms with van der Waals surface area (Å²) >= 11 is 3.57. The molecule has 0 radical (unpaired) electrons. The van der Waals surface area contributed by atoms with Gasteiger partial charge in [0, 0.05) is 12.1 Å². The molecule has 3 rings (SSSR count). The quantitative estimate of drug-likeness (QED) is 0.802. The average molecular weight is 304 g/mol. The van der Waals surface area contributed by atoms with Crippen LogP contribution in [0.15, 0.2) is 29.0 Å². The Morgan fingerprint density at radius 2 is 2.11 bits per heavy atom. The van der Waals surface area contributed by atoms with Crippen LogP contribution in [0.1, 0.15) is 37.2 Å². The Balaban J connectivity index is 1.96. The molecule has 1 saturated carbocycles. The highest BCUT2D eigenvalue weighted by atomic mass is 79.9. The van der Waals surface area contributed by atoms with E-state index in [1.807, 2.05) is 16.9 Å². The molecule has 1 aliphatic carbocycles. The Labute approximate surface area is 115 Å². The summed E-state index contributed by atoms with van der Waals surface area (Å²) in [5, 5.41) is 13.3.